The fourth-order valence-electron chi connectivity index (χ4n) is 1.55. The standard InChI is InChI=1S/C8H12N2O/c1-10-5-9-4-7(10)6-2-3-8(6)11/h4-6,8,11H,2-3H2,1H3. The molecule has 1 aliphatic rings. The van der Waals surface area contributed by atoms with Gasteiger partial charge in [0.1, 0.15) is 0 Å². The van der Waals surface area contributed by atoms with E-state index in [0.29, 0.717) is 5.92 Å². The Morgan fingerprint density at radius 3 is 2.82 bits per heavy atom. The van der Waals surface area contributed by atoms with Gasteiger partial charge in [0.25, 0.3) is 0 Å². The Hall–Kier alpha value is -0.830. The molecule has 0 saturated heterocycles. The van der Waals surface area contributed by atoms with E-state index >= 15 is 0 Å². The number of aliphatic hydroxyl groups is 1. The van der Waals surface area contributed by atoms with Crippen molar-refractivity contribution in [1.29, 1.82) is 0 Å². The first kappa shape index (κ1) is 6.85. The number of aliphatic hydroxyl groups excluding tert-OH is 1. The molecule has 0 aromatic carbocycles. The molecule has 3 heteroatoms. The predicted octanol–water partition coefficient (Wildman–Crippen LogP) is 0.658. The molecule has 1 fully saturated rings. The highest BCUT2D eigenvalue weighted by molar-refractivity contribution is 5.12. The molecule has 1 aliphatic carbocycles. The van der Waals surface area contributed by atoms with Crippen molar-refractivity contribution < 1.29 is 5.11 Å². The summed E-state index contributed by atoms with van der Waals surface area (Å²) in [4.78, 5) is 4.01. The topological polar surface area (TPSA) is 38.0 Å². The SMILES string of the molecule is Cn1cncc1C1CCC1O. The summed E-state index contributed by atoms with van der Waals surface area (Å²) in [7, 11) is 1.97. The number of aryl methyl sites for hydroxylation is 1. The Bertz CT molecular complexity index is 256. The number of rotatable bonds is 1. The zero-order valence-corrected chi connectivity index (χ0v) is 6.57. The van der Waals surface area contributed by atoms with Crippen LogP contribution >= 0.6 is 0 Å². The first-order chi connectivity index (χ1) is 5.29. The molecule has 3 nitrogen and oxygen atoms in total. The maximum Gasteiger partial charge on any atom is 0.0945 e. The maximum atomic E-state index is 9.36. The molecule has 1 aromatic heterocycles. The molecule has 11 heavy (non-hydrogen) atoms. The zero-order valence-electron chi connectivity index (χ0n) is 6.57. The van der Waals surface area contributed by atoms with E-state index in [4.69, 9.17) is 0 Å². The van der Waals surface area contributed by atoms with Gasteiger partial charge in [-0.25, -0.2) is 4.98 Å². The van der Waals surface area contributed by atoms with Crippen LogP contribution in [-0.2, 0) is 7.05 Å². The first-order valence-corrected chi connectivity index (χ1v) is 3.93. The highest BCUT2D eigenvalue weighted by Crippen LogP contribution is 2.36. The second-order valence-electron chi connectivity index (χ2n) is 3.18. The molecule has 1 heterocycles. The van der Waals surface area contributed by atoms with Gasteiger partial charge in [-0.15, -0.1) is 0 Å². The summed E-state index contributed by atoms with van der Waals surface area (Å²) in [5, 5.41) is 9.36. The fraction of sp³-hybridized carbons (Fsp3) is 0.625. The lowest BCUT2D eigenvalue weighted by Gasteiger charge is -2.32. The molecular weight excluding hydrogens is 140 g/mol. The van der Waals surface area contributed by atoms with Gasteiger partial charge in [0.15, 0.2) is 0 Å². The van der Waals surface area contributed by atoms with Crippen LogP contribution < -0.4 is 0 Å². The number of hydrogen-bond acceptors (Lipinski definition) is 2. The van der Waals surface area contributed by atoms with E-state index in [1.54, 1.807) is 6.33 Å². The summed E-state index contributed by atoms with van der Waals surface area (Å²) < 4.78 is 1.98. The summed E-state index contributed by atoms with van der Waals surface area (Å²) in [6.07, 6.45) is 5.52. The molecule has 0 amide bonds. The molecule has 0 aliphatic heterocycles. The average Bonchev–Trinajstić information content (AvgIpc) is 2.34. The van der Waals surface area contributed by atoms with Crippen molar-refractivity contribution >= 4 is 0 Å². The second kappa shape index (κ2) is 2.34. The molecule has 0 spiro atoms. The van der Waals surface area contributed by atoms with Gasteiger partial charge >= 0.3 is 0 Å². The molecule has 1 aromatic rings. The van der Waals surface area contributed by atoms with Crippen molar-refractivity contribution in [2.75, 3.05) is 0 Å². The van der Waals surface area contributed by atoms with E-state index in [2.05, 4.69) is 4.98 Å². The summed E-state index contributed by atoms with van der Waals surface area (Å²) >= 11 is 0. The van der Waals surface area contributed by atoms with Crippen molar-refractivity contribution in [1.82, 2.24) is 9.55 Å². The number of nitrogens with zero attached hydrogens (tertiary/aromatic N) is 2. The Morgan fingerprint density at radius 1 is 1.64 bits per heavy atom. The summed E-state index contributed by atoms with van der Waals surface area (Å²) in [5.74, 6) is 0.336. The lowest BCUT2D eigenvalue weighted by atomic mass is 9.80. The Morgan fingerprint density at radius 2 is 2.45 bits per heavy atom. The molecule has 60 valence electrons. The summed E-state index contributed by atoms with van der Waals surface area (Å²) in [5.41, 5.74) is 1.16. The Labute approximate surface area is 65.7 Å². The maximum absolute atomic E-state index is 9.36. The van der Waals surface area contributed by atoms with Gasteiger partial charge in [-0.3, -0.25) is 0 Å². The third-order valence-electron chi connectivity index (χ3n) is 2.47. The summed E-state index contributed by atoms with van der Waals surface area (Å²) in [6, 6.07) is 0. The number of imidazole rings is 1. The van der Waals surface area contributed by atoms with Crippen LogP contribution in [0.25, 0.3) is 0 Å². The van der Waals surface area contributed by atoms with Crippen LogP contribution in [0.4, 0.5) is 0 Å². The van der Waals surface area contributed by atoms with E-state index in [9.17, 15) is 5.11 Å². The lowest BCUT2D eigenvalue weighted by Crippen LogP contribution is -2.30. The fourth-order valence-corrected chi connectivity index (χ4v) is 1.55. The molecule has 2 rings (SSSR count). The van der Waals surface area contributed by atoms with Crippen molar-refractivity contribution in [2.45, 2.75) is 24.9 Å². The van der Waals surface area contributed by atoms with Crippen LogP contribution in [0.1, 0.15) is 24.5 Å². The molecule has 1 saturated carbocycles. The molecule has 2 atom stereocenters. The second-order valence-corrected chi connectivity index (χ2v) is 3.18. The van der Waals surface area contributed by atoms with Crippen molar-refractivity contribution in [3.8, 4) is 0 Å². The zero-order chi connectivity index (χ0) is 7.84. The van der Waals surface area contributed by atoms with E-state index in [-0.39, 0.29) is 6.10 Å². The minimum absolute atomic E-state index is 0.134. The Kier molecular flexibility index (Phi) is 1.46. The van der Waals surface area contributed by atoms with Gasteiger partial charge in [0.05, 0.1) is 12.4 Å². The first-order valence-electron chi connectivity index (χ1n) is 3.93. The van der Waals surface area contributed by atoms with Crippen molar-refractivity contribution in [3.63, 3.8) is 0 Å². The largest absolute Gasteiger partial charge is 0.392 e. The normalized spacial score (nSPS) is 30.0. The van der Waals surface area contributed by atoms with E-state index in [0.717, 1.165) is 18.5 Å². The van der Waals surface area contributed by atoms with Crippen molar-refractivity contribution in [2.24, 2.45) is 7.05 Å². The minimum Gasteiger partial charge on any atom is -0.392 e. The monoisotopic (exact) mass is 152 g/mol. The predicted molar refractivity (Wildman–Crippen MR) is 41.2 cm³/mol. The van der Waals surface area contributed by atoms with E-state index < -0.39 is 0 Å². The van der Waals surface area contributed by atoms with Crippen LogP contribution in [0.3, 0.4) is 0 Å². The molecule has 1 N–H and O–H groups in total. The van der Waals surface area contributed by atoms with Crippen LogP contribution in [0, 0.1) is 0 Å². The van der Waals surface area contributed by atoms with Gasteiger partial charge in [-0.1, -0.05) is 0 Å². The van der Waals surface area contributed by atoms with Crippen LogP contribution in [-0.4, -0.2) is 20.8 Å². The smallest absolute Gasteiger partial charge is 0.0945 e. The highest BCUT2D eigenvalue weighted by Gasteiger charge is 2.31. The van der Waals surface area contributed by atoms with Gasteiger partial charge in [0, 0.05) is 24.9 Å². The minimum atomic E-state index is -0.134. The van der Waals surface area contributed by atoms with Gasteiger partial charge in [-0.2, -0.15) is 0 Å². The third kappa shape index (κ3) is 0.959. The summed E-state index contributed by atoms with van der Waals surface area (Å²) in [6.45, 7) is 0. The van der Waals surface area contributed by atoms with Gasteiger partial charge < -0.3 is 9.67 Å². The molecular formula is C8H12N2O. The van der Waals surface area contributed by atoms with E-state index in [1.165, 1.54) is 0 Å². The van der Waals surface area contributed by atoms with Crippen LogP contribution in [0.2, 0.25) is 0 Å². The molecule has 0 radical (unpaired) electrons. The lowest BCUT2D eigenvalue weighted by molar-refractivity contribution is 0.0629. The number of aromatic nitrogens is 2. The van der Waals surface area contributed by atoms with Crippen LogP contribution in [0.15, 0.2) is 12.5 Å². The van der Waals surface area contributed by atoms with Crippen molar-refractivity contribution in [3.05, 3.63) is 18.2 Å². The van der Waals surface area contributed by atoms with Crippen LogP contribution in [0.5, 0.6) is 0 Å². The highest BCUT2D eigenvalue weighted by atomic mass is 16.3. The average molecular weight is 152 g/mol. The van der Waals surface area contributed by atoms with E-state index in [1.807, 2.05) is 17.8 Å². The van der Waals surface area contributed by atoms with Gasteiger partial charge in [-0.05, 0) is 12.8 Å². The third-order valence-corrected chi connectivity index (χ3v) is 2.47. The van der Waals surface area contributed by atoms with Gasteiger partial charge in [0.2, 0.25) is 0 Å². The quantitative estimate of drug-likeness (QED) is 0.642. The Balaban J connectivity index is 2.22. The molecule has 2 unspecified atom stereocenters. The number of hydrogen-bond donors (Lipinski definition) is 1. The molecule has 0 bridgehead atoms.